The second-order valence-electron chi connectivity index (χ2n) is 9.29. The zero-order valence-electron chi connectivity index (χ0n) is 23.5. The predicted octanol–water partition coefficient (Wildman–Crippen LogP) is 5.50. The maximum absolute atomic E-state index is 14.2. The Morgan fingerprint density at radius 2 is 1.62 bits per heavy atom. The Morgan fingerprint density at radius 1 is 0.929 bits per heavy atom. The number of fused-ring (bicyclic) bond motifs is 3. The van der Waals surface area contributed by atoms with Gasteiger partial charge in [0.15, 0.2) is 6.23 Å². The molecule has 0 aliphatic carbocycles. The summed E-state index contributed by atoms with van der Waals surface area (Å²) in [7, 11) is 0. The molecule has 2 unspecified atom stereocenters. The number of anilines is 1. The first-order valence-corrected chi connectivity index (χ1v) is 14.8. The molecule has 0 saturated carbocycles. The maximum Gasteiger partial charge on any atom is 0.379 e. The molecule has 3 aromatic rings. The third-order valence-electron chi connectivity index (χ3n) is 6.79. The number of carbonyl (C=O) groups is 3. The summed E-state index contributed by atoms with van der Waals surface area (Å²) >= 11 is 1.58. The first-order valence-electron chi connectivity index (χ1n) is 13.5. The highest BCUT2D eigenvalue weighted by Crippen LogP contribution is 2.47. The molecule has 0 fully saturated rings. The van der Waals surface area contributed by atoms with Crippen LogP contribution in [0, 0.1) is 11.8 Å². The van der Waals surface area contributed by atoms with Crippen molar-refractivity contribution in [1.82, 2.24) is 0 Å². The Hall–Kier alpha value is -4.58. The zero-order valence-corrected chi connectivity index (χ0v) is 24.3. The van der Waals surface area contributed by atoms with Gasteiger partial charge in [0.25, 0.3) is 11.4 Å². The fourth-order valence-corrected chi connectivity index (χ4v) is 5.62. The van der Waals surface area contributed by atoms with Crippen molar-refractivity contribution in [2.45, 2.75) is 30.6 Å². The number of esters is 2. The van der Waals surface area contributed by atoms with Crippen LogP contribution >= 0.6 is 11.8 Å². The molecule has 3 aromatic carbocycles. The van der Waals surface area contributed by atoms with Crippen LogP contribution < -0.4 is 4.90 Å². The van der Waals surface area contributed by atoms with Crippen LogP contribution in [0.15, 0.2) is 95.4 Å². The molecule has 7 nitrogen and oxygen atoms in total. The third-order valence-corrected chi connectivity index (χ3v) is 7.58. The van der Waals surface area contributed by atoms with Crippen molar-refractivity contribution >= 4 is 46.9 Å². The summed E-state index contributed by atoms with van der Waals surface area (Å²) < 4.78 is 17.2. The van der Waals surface area contributed by atoms with Gasteiger partial charge in [-0.15, -0.1) is 11.8 Å². The first-order chi connectivity index (χ1) is 20.4. The summed E-state index contributed by atoms with van der Waals surface area (Å²) in [5.74, 6) is 2.88. The van der Waals surface area contributed by atoms with Gasteiger partial charge in [0.1, 0.15) is 0 Å². The Bertz CT molecular complexity index is 1640. The fourth-order valence-electron chi connectivity index (χ4n) is 5.01. The van der Waals surface area contributed by atoms with Crippen LogP contribution in [0.3, 0.4) is 0 Å². The number of ketones is 1. The minimum Gasteiger partial charge on any atom is -0.463 e. The molecule has 5 rings (SSSR count). The van der Waals surface area contributed by atoms with E-state index in [1.807, 2.05) is 90.0 Å². The number of carbonyl (C=O) groups excluding carboxylic acids is 3. The minimum atomic E-state index is -2.25. The quantitative estimate of drug-likeness (QED) is 0.157. The van der Waals surface area contributed by atoms with Crippen molar-refractivity contribution < 1.29 is 28.6 Å². The highest BCUT2D eigenvalue weighted by atomic mass is 32.2. The number of rotatable bonds is 7. The van der Waals surface area contributed by atoms with Gasteiger partial charge in [-0.25, -0.2) is 9.59 Å². The molecular formula is C34H29NO6S. The van der Waals surface area contributed by atoms with Crippen molar-refractivity contribution in [2.24, 2.45) is 0 Å². The van der Waals surface area contributed by atoms with Crippen molar-refractivity contribution in [3.63, 3.8) is 0 Å². The summed E-state index contributed by atoms with van der Waals surface area (Å²) in [5.41, 5.74) is 0.636. The van der Waals surface area contributed by atoms with Gasteiger partial charge < -0.3 is 19.1 Å². The van der Waals surface area contributed by atoms with E-state index in [1.165, 1.54) is 0 Å². The van der Waals surface area contributed by atoms with Crippen molar-refractivity contribution in [3.8, 4) is 11.8 Å². The van der Waals surface area contributed by atoms with E-state index in [2.05, 4.69) is 11.8 Å². The molecule has 2 heterocycles. The van der Waals surface area contributed by atoms with E-state index >= 15 is 0 Å². The largest absolute Gasteiger partial charge is 0.463 e. The molecule has 0 saturated heterocycles. The monoisotopic (exact) mass is 579 g/mol. The van der Waals surface area contributed by atoms with Crippen LogP contribution in [0.5, 0.6) is 0 Å². The Labute approximate surface area is 249 Å². The van der Waals surface area contributed by atoms with E-state index < -0.39 is 29.6 Å². The molecule has 0 bridgehead atoms. The summed E-state index contributed by atoms with van der Waals surface area (Å²) in [5, 5.41) is 0. The molecule has 42 heavy (non-hydrogen) atoms. The van der Waals surface area contributed by atoms with Crippen LogP contribution in [0.1, 0.15) is 30.5 Å². The number of Topliss-reactive ketones (excluding diaryl/α,β-unsaturated/α-hetero) is 1. The second kappa shape index (κ2) is 12.5. The molecule has 0 amide bonds. The SMILES string of the molecule is CCOC(=O)C(=O)C1=C(c2ccccc2)N2c3cccc(SC)c3C=CC2OC1(C#Cc1ccccc1)C(=O)OCC. The average Bonchev–Trinajstić information content (AvgIpc) is 3.03. The van der Waals surface area contributed by atoms with Crippen LogP contribution in [-0.2, 0) is 28.6 Å². The molecule has 0 aromatic heterocycles. The number of benzene rings is 3. The van der Waals surface area contributed by atoms with Gasteiger partial charge in [-0.3, -0.25) is 4.79 Å². The summed E-state index contributed by atoms with van der Waals surface area (Å²) in [4.78, 5) is 44.2. The second-order valence-corrected chi connectivity index (χ2v) is 10.1. The molecule has 2 atom stereocenters. The van der Waals surface area contributed by atoms with Crippen molar-refractivity contribution in [3.05, 3.63) is 107 Å². The number of thioether (sulfide) groups is 1. The van der Waals surface area contributed by atoms with Crippen LogP contribution in [0.25, 0.3) is 11.8 Å². The Kier molecular flexibility index (Phi) is 8.62. The Balaban J connectivity index is 1.90. The highest BCUT2D eigenvalue weighted by Gasteiger charge is 2.57. The van der Waals surface area contributed by atoms with Crippen LogP contribution in [0.2, 0.25) is 0 Å². The normalized spacial score (nSPS) is 18.7. The molecule has 0 spiro atoms. The highest BCUT2D eigenvalue weighted by molar-refractivity contribution is 7.98. The number of hydrogen-bond acceptors (Lipinski definition) is 8. The number of hydrogen-bond donors (Lipinski definition) is 0. The molecule has 0 N–H and O–H groups in total. The van der Waals surface area contributed by atoms with Gasteiger partial charge in [0, 0.05) is 16.0 Å². The van der Waals surface area contributed by atoms with Gasteiger partial charge in [0.05, 0.1) is 30.2 Å². The van der Waals surface area contributed by atoms with Crippen molar-refractivity contribution in [2.75, 3.05) is 24.4 Å². The minimum absolute atomic E-state index is 0.00262. The van der Waals surface area contributed by atoms with Gasteiger partial charge in [-0.05, 0) is 61.9 Å². The predicted molar refractivity (Wildman–Crippen MR) is 162 cm³/mol. The lowest BCUT2D eigenvalue weighted by Gasteiger charge is -2.46. The van der Waals surface area contributed by atoms with Crippen LogP contribution in [0.4, 0.5) is 5.69 Å². The first kappa shape index (κ1) is 28.9. The van der Waals surface area contributed by atoms with E-state index in [0.29, 0.717) is 16.8 Å². The molecule has 8 heteroatoms. The lowest BCUT2D eigenvalue weighted by Crippen LogP contribution is -2.58. The van der Waals surface area contributed by atoms with Crippen LogP contribution in [-0.4, -0.2) is 49.0 Å². The fraction of sp³-hybridized carbons (Fsp3) is 0.206. The molecule has 0 radical (unpaired) electrons. The zero-order chi connectivity index (χ0) is 29.7. The third kappa shape index (κ3) is 5.25. The van der Waals surface area contributed by atoms with Gasteiger partial charge in [-0.1, -0.05) is 66.6 Å². The van der Waals surface area contributed by atoms with Gasteiger partial charge in [-0.2, -0.15) is 0 Å². The standard InChI is InChI=1S/C34H29NO6S/c1-4-39-32(37)31(36)29-30(24-15-10-7-11-16-24)35-26-17-12-18-27(42-3)25(26)19-20-28(35)41-34(29,33(38)40-5-2)22-21-23-13-8-6-9-14-23/h6-20,28H,4-5H2,1-3H3. The summed E-state index contributed by atoms with van der Waals surface area (Å²) in [6.45, 7) is 3.23. The van der Waals surface area contributed by atoms with E-state index in [-0.39, 0.29) is 18.8 Å². The molecular weight excluding hydrogens is 550 g/mol. The topological polar surface area (TPSA) is 82.1 Å². The smallest absolute Gasteiger partial charge is 0.379 e. The Morgan fingerprint density at radius 3 is 2.29 bits per heavy atom. The molecule has 2 aliphatic heterocycles. The average molecular weight is 580 g/mol. The lowest BCUT2D eigenvalue weighted by molar-refractivity contribution is -0.166. The van der Waals surface area contributed by atoms with E-state index in [9.17, 15) is 14.4 Å². The van der Waals surface area contributed by atoms with Gasteiger partial charge >= 0.3 is 11.9 Å². The number of ether oxygens (including phenoxy) is 3. The molecule has 2 aliphatic rings. The van der Waals surface area contributed by atoms with Crippen molar-refractivity contribution in [1.29, 1.82) is 0 Å². The lowest BCUT2D eigenvalue weighted by atomic mass is 9.83. The number of nitrogens with zero attached hydrogens (tertiary/aromatic N) is 1. The molecule has 212 valence electrons. The summed E-state index contributed by atoms with van der Waals surface area (Å²) in [6, 6.07) is 24.0. The maximum atomic E-state index is 14.2. The van der Waals surface area contributed by atoms with E-state index in [0.717, 1.165) is 16.1 Å². The van der Waals surface area contributed by atoms with Gasteiger partial charge in [0.2, 0.25) is 0 Å². The summed E-state index contributed by atoms with van der Waals surface area (Å²) in [6.07, 6.45) is 4.87. The van der Waals surface area contributed by atoms with E-state index in [1.54, 1.807) is 37.7 Å². The van der Waals surface area contributed by atoms with E-state index in [4.69, 9.17) is 14.2 Å².